The van der Waals surface area contributed by atoms with Gasteiger partial charge in [-0.15, -0.1) is 0 Å². The largest absolute Gasteiger partial charge is 0.309 e. The number of halogens is 1. The zero-order valence-corrected chi connectivity index (χ0v) is 9.96. The molecular formula is C12H12BrNO. The van der Waals surface area contributed by atoms with E-state index in [1.165, 1.54) is 11.6 Å². The predicted octanol–water partition coefficient (Wildman–Crippen LogP) is 2.91. The van der Waals surface area contributed by atoms with E-state index in [-0.39, 0.29) is 5.91 Å². The molecule has 2 nitrogen and oxygen atoms in total. The molecule has 0 N–H and O–H groups in total. The van der Waals surface area contributed by atoms with E-state index < -0.39 is 0 Å². The lowest BCUT2D eigenvalue weighted by Crippen LogP contribution is -2.34. The van der Waals surface area contributed by atoms with Crippen LogP contribution in [0.25, 0.3) is 0 Å². The molecule has 1 amide bonds. The van der Waals surface area contributed by atoms with Gasteiger partial charge in [0, 0.05) is 16.7 Å². The van der Waals surface area contributed by atoms with Gasteiger partial charge in [0.25, 0.3) is 0 Å². The summed E-state index contributed by atoms with van der Waals surface area (Å²) in [6.07, 6.45) is 3.43. The number of anilines is 1. The molecule has 3 heteroatoms. The second-order valence-corrected chi connectivity index (χ2v) is 4.49. The Morgan fingerprint density at radius 2 is 2.33 bits per heavy atom. The van der Waals surface area contributed by atoms with Crippen LogP contribution in [-0.4, -0.2) is 12.5 Å². The van der Waals surface area contributed by atoms with Crippen molar-refractivity contribution < 1.29 is 4.79 Å². The number of carbonyl (C=O) groups excluding carboxylic acids is 1. The first-order valence-electron chi connectivity index (χ1n) is 4.95. The summed E-state index contributed by atoms with van der Waals surface area (Å²) in [6, 6.07) is 6.03. The molecule has 0 saturated heterocycles. The van der Waals surface area contributed by atoms with Gasteiger partial charge >= 0.3 is 0 Å². The molecule has 15 heavy (non-hydrogen) atoms. The van der Waals surface area contributed by atoms with Gasteiger partial charge in [0.1, 0.15) is 0 Å². The standard InChI is InChI=1S/C12H12BrNO/c1-2-12(15)14-7-3-4-9-8-10(13)5-6-11(9)14/h2,5-6,8H,1,3-4,7H2. The third kappa shape index (κ3) is 1.97. The molecule has 1 aliphatic rings. The zero-order chi connectivity index (χ0) is 10.8. The molecule has 0 atom stereocenters. The van der Waals surface area contributed by atoms with Crippen LogP contribution in [0.1, 0.15) is 12.0 Å². The first-order chi connectivity index (χ1) is 7.22. The Labute approximate surface area is 97.7 Å². The fourth-order valence-electron chi connectivity index (χ4n) is 1.90. The van der Waals surface area contributed by atoms with Crippen molar-refractivity contribution in [2.75, 3.05) is 11.4 Å². The molecule has 0 aliphatic carbocycles. The summed E-state index contributed by atoms with van der Waals surface area (Å²) in [7, 11) is 0. The molecule has 78 valence electrons. The molecule has 1 heterocycles. The maximum atomic E-state index is 11.6. The number of carbonyl (C=O) groups is 1. The normalized spacial score (nSPS) is 14.6. The number of benzene rings is 1. The average Bonchev–Trinajstić information content (AvgIpc) is 2.26. The third-order valence-corrected chi connectivity index (χ3v) is 3.09. The predicted molar refractivity (Wildman–Crippen MR) is 65.0 cm³/mol. The molecule has 0 bridgehead atoms. The van der Waals surface area contributed by atoms with Gasteiger partial charge in [-0.3, -0.25) is 4.79 Å². The summed E-state index contributed by atoms with van der Waals surface area (Å²) in [5.41, 5.74) is 2.25. The van der Waals surface area contributed by atoms with Crippen LogP contribution in [0.4, 0.5) is 5.69 Å². The second-order valence-electron chi connectivity index (χ2n) is 3.57. The lowest BCUT2D eigenvalue weighted by Gasteiger charge is -2.28. The molecule has 0 radical (unpaired) electrons. The number of amides is 1. The van der Waals surface area contributed by atoms with E-state index >= 15 is 0 Å². The van der Waals surface area contributed by atoms with Gasteiger partial charge in [0.15, 0.2) is 0 Å². The molecule has 1 aromatic carbocycles. The molecule has 1 aromatic rings. The van der Waals surface area contributed by atoms with Crippen LogP contribution in [0.3, 0.4) is 0 Å². The van der Waals surface area contributed by atoms with Crippen LogP contribution in [0.5, 0.6) is 0 Å². The van der Waals surface area contributed by atoms with E-state index in [4.69, 9.17) is 0 Å². The van der Waals surface area contributed by atoms with Gasteiger partial charge in [-0.25, -0.2) is 0 Å². The van der Waals surface area contributed by atoms with Gasteiger partial charge < -0.3 is 4.90 Å². The van der Waals surface area contributed by atoms with E-state index in [2.05, 4.69) is 28.6 Å². The number of hydrogen-bond donors (Lipinski definition) is 0. The summed E-state index contributed by atoms with van der Waals surface area (Å²) in [5, 5.41) is 0. The van der Waals surface area contributed by atoms with Gasteiger partial charge in [0.05, 0.1) is 0 Å². The van der Waals surface area contributed by atoms with Crippen molar-refractivity contribution in [2.24, 2.45) is 0 Å². The Morgan fingerprint density at radius 3 is 3.07 bits per heavy atom. The quantitative estimate of drug-likeness (QED) is 0.716. The van der Waals surface area contributed by atoms with Crippen LogP contribution in [0.2, 0.25) is 0 Å². The molecule has 2 rings (SSSR count). The molecule has 0 unspecified atom stereocenters. The number of nitrogens with zero attached hydrogens (tertiary/aromatic N) is 1. The van der Waals surface area contributed by atoms with E-state index in [0.717, 1.165) is 29.5 Å². The number of fused-ring (bicyclic) bond motifs is 1. The van der Waals surface area contributed by atoms with Gasteiger partial charge in [-0.2, -0.15) is 0 Å². The van der Waals surface area contributed by atoms with Crippen molar-refractivity contribution in [2.45, 2.75) is 12.8 Å². The summed E-state index contributed by atoms with van der Waals surface area (Å²) in [5.74, 6) is -0.0155. The summed E-state index contributed by atoms with van der Waals surface area (Å²) < 4.78 is 1.06. The van der Waals surface area contributed by atoms with Gasteiger partial charge in [-0.1, -0.05) is 22.5 Å². The Morgan fingerprint density at radius 1 is 1.53 bits per heavy atom. The molecular weight excluding hydrogens is 254 g/mol. The molecule has 0 aromatic heterocycles. The molecule has 0 spiro atoms. The van der Waals surface area contributed by atoms with E-state index in [0.29, 0.717) is 0 Å². The van der Waals surface area contributed by atoms with Crippen LogP contribution in [-0.2, 0) is 11.2 Å². The van der Waals surface area contributed by atoms with Crippen LogP contribution >= 0.6 is 15.9 Å². The minimum absolute atomic E-state index is 0.0155. The minimum Gasteiger partial charge on any atom is -0.309 e. The van der Waals surface area contributed by atoms with E-state index in [1.54, 1.807) is 4.90 Å². The smallest absolute Gasteiger partial charge is 0.250 e. The maximum Gasteiger partial charge on any atom is 0.250 e. The average molecular weight is 266 g/mol. The fourth-order valence-corrected chi connectivity index (χ4v) is 2.31. The highest BCUT2D eigenvalue weighted by Crippen LogP contribution is 2.29. The van der Waals surface area contributed by atoms with Crippen molar-refractivity contribution in [3.8, 4) is 0 Å². The maximum absolute atomic E-state index is 11.6. The number of hydrogen-bond acceptors (Lipinski definition) is 1. The van der Waals surface area contributed by atoms with Crippen molar-refractivity contribution in [3.05, 3.63) is 40.9 Å². The number of rotatable bonds is 1. The fraction of sp³-hybridized carbons (Fsp3) is 0.250. The number of aryl methyl sites for hydroxylation is 1. The first kappa shape index (κ1) is 10.4. The lowest BCUT2D eigenvalue weighted by molar-refractivity contribution is -0.114. The Kier molecular flexibility index (Phi) is 2.91. The first-order valence-corrected chi connectivity index (χ1v) is 5.74. The van der Waals surface area contributed by atoms with Crippen LogP contribution < -0.4 is 4.90 Å². The topological polar surface area (TPSA) is 20.3 Å². The van der Waals surface area contributed by atoms with Crippen molar-refractivity contribution >= 4 is 27.5 Å². The van der Waals surface area contributed by atoms with Gasteiger partial charge in [0.2, 0.25) is 5.91 Å². The summed E-state index contributed by atoms with van der Waals surface area (Å²) >= 11 is 3.44. The van der Waals surface area contributed by atoms with Crippen LogP contribution in [0.15, 0.2) is 35.3 Å². The monoisotopic (exact) mass is 265 g/mol. The minimum atomic E-state index is -0.0155. The van der Waals surface area contributed by atoms with E-state index in [9.17, 15) is 4.79 Å². The van der Waals surface area contributed by atoms with Gasteiger partial charge in [-0.05, 0) is 42.7 Å². The van der Waals surface area contributed by atoms with Crippen molar-refractivity contribution in [1.82, 2.24) is 0 Å². The lowest BCUT2D eigenvalue weighted by atomic mass is 10.0. The van der Waals surface area contributed by atoms with E-state index in [1.807, 2.05) is 12.1 Å². The molecule has 1 aliphatic heterocycles. The van der Waals surface area contributed by atoms with Crippen molar-refractivity contribution in [3.63, 3.8) is 0 Å². The highest BCUT2D eigenvalue weighted by molar-refractivity contribution is 9.10. The SMILES string of the molecule is C=CC(=O)N1CCCc2cc(Br)ccc21. The zero-order valence-electron chi connectivity index (χ0n) is 8.37. The Balaban J connectivity index is 2.42. The van der Waals surface area contributed by atoms with Crippen LogP contribution in [0, 0.1) is 0 Å². The highest BCUT2D eigenvalue weighted by atomic mass is 79.9. The highest BCUT2D eigenvalue weighted by Gasteiger charge is 2.20. The summed E-state index contributed by atoms with van der Waals surface area (Å²) in [6.45, 7) is 4.32. The summed E-state index contributed by atoms with van der Waals surface area (Å²) in [4.78, 5) is 13.4. The second kappa shape index (κ2) is 4.19. The molecule has 0 fully saturated rings. The Bertz CT molecular complexity index is 414. The molecule has 0 saturated carbocycles. The van der Waals surface area contributed by atoms with Crippen molar-refractivity contribution in [1.29, 1.82) is 0 Å². The Hall–Kier alpha value is -1.09. The third-order valence-electron chi connectivity index (χ3n) is 2.60.